The van der Waals surface area contributed by atoms with Gasteiger partial charge in [-0.25, -0.2) is 0 Å². The highest BCUT2D eigenvalue weighted by Crippen LogP contribution is 2.26. The summed E-state index contributed by atoms with van der Waals surface area (Å²) in [5.74, 6) is 0. The van der Waals surface area contributed by atoms with Crippen LogP contribution in [-0.4, -0.2) is 43.8 Å². The van der Waals surface area contributed by atoms with Gasteiger partial charge in [0.25, 0.3) is 0 Å². The van der Waals surface area contributed by atoms with Crippen LogP contribution < -0.4 is 5.32 Å². The quantitative estimate of drug-likeness (QED) is 0.868. The van der Waals surface area contributed by atoms with Crippen molar-refractivity contribution in [1.29, 1.82) is 0 Å². The third kappa shape index (κ3) is 4.02. The number of morpholine rings is 1. The SMILES string of the molecule is CCCNC(c1csc(C)c1)C1CN(CC)CCO1. The molecule has 1 aliphatic rings. The Morgan fingerprint density at radius 2 is 2.37 bits per heavy atom. The molecule has 1 aromatic rings. The molecule has 0 aromatic carbocycles. The van der Waals surface area contributed by atoms with Crippen LogP contribution in [0.5, 0.6) is 0 Å². The van der Waals surface area contributed by atoms with Gasteiger partial charge in [0.1, 0.15) is 0 Å². The Labute approximate surface area is 121 Å². The fraction of sp³-hybridized carbons (Fsp3) is 0.733. The fourth-order valence-electron chi connectivity index (χ4n) is 2.61. The van der Waals surface area contributed by atoms with E-state index in [0.29, 0.717) is 6.04 Å². The standard InChI is InChI=1S/C15H26N2OS/c1-4-6-16-15(13-9-12(3)19-11-13)14-10-17(5-2)7-8-18-14/h9,11,14-16H,4-8,10H2,1-3H3. The molecule has 3 nitrogen and oxygen atoms in total. The molecule has 1 aromatic heterocycles. The molecule has 0 amide bonds. The molecule has 0 spiro atoms. The number of ether oxygens (including phenoxy) is 1. The van der Waals surface area contributed by atoms with Crippen LogP contribution >= 0.6 is 11.3 Å². The summed E-state index contributed by atoms with van der Waals surface area (Å²) < 4.78 is 6.03. The summed E-state index contributed by atoms with van der Waals surface area (Å²) in [6.45, 7) is 11.7. The molecule has 0 radical (unpaired) electrons. The van der Waals surface area contributed by atoms with E-state index < -0.39 is 0 Å². The molecule has 19 heavy (non-hydrogen) atoms. The van der Waals surface area contributed by atoms with Crippen LogP contribution in [0.15, 0.2) is 11.4 Å². The molecule has 0 bridgehead atoms. The summed E-state index contributed by atoms with van der Waals surface area (Å²) in [5.41, 5.74) is 1.39. The summed E-state index contributed by atoms with van der Waals surface area (Å²) in [5, 5.41) is 5.94. The minimum Gasteiger partial charge on any atom is -0.374 e. The van der Waals surface area contributed by atoms with Crippen LogP contribution in [0.3, 0.4) is 0 Å². The second-order valence-electron chi connectivity index (χ2n) is 5.22. The fourth-order valence-corrected chi connectivity index (χ4v) is 3.35. The average molecular weight is 282 g/mol. The number of nitrogens with zero attached hydrogens (tertiary/aromatic N) is 1. The number of hydrogen-bond acceptors (Lipinski definition) is 4. The first kappa shape index (κ1) is 15.0. The van der Waals surface area contributed by atoms with E-state index in [9.17, 15) is 0 Å². The van der Waals surface area contributed by atoms with Gasteiger partial charge in [-0.2, -0.15) is 0 Å². The minimum absolute atomic E-state index is 0.272. The molecule has 1 fully saturated rings. The lowest BCUT2D eigenvalue weighted by Crippen LogP contribution is -2.48. The topological polar surface area (TPSA) is 24.5 Å². The molecular formula is C15H26N2OS. The Balaban J connectivity index is 2.08. The van der Waals surface area contributed by atoms with Gasteiger partial charge in [-0.3, -0.25) is 4.90 Å². The number of thiophene rings is 1. The predicted molar refractivity (Wildman–Crippen MR) is 81.9 cm³/mol. The van der Waals surface area contributed by atoms with Gasteiger partial charge in [-0.05, 0) is 43.4 Å². The van der Waals surface area contributed by atoms with Crippen molar-refractivity contribution < 1.29 is 4.74 Å². The Morgan fingerprint density at radius 1 is 1.53 bits per heavy atom. The second-order valence-corrected chi connectivity index (χ2v) is 6.34. The van der Waals surface area contributed by atoms with E-state index >= 15 is 0 Å². The highest BCUT2D eigenvalue weighted by molar-refractivity contribution is 7.10. The number of likely N-dealkylation sites (N-methyl/N-ethyl adjacent to an activating group) is 1. The van der Waals surface area contributed by atoms with Gasteiger partial charge in [0.05, 0.1) is 18.8 Å². The number of nitrogens with one attached hydrogen (secondary N) is 1. The first-order chi connectivity index (χ1) is 9.24. The van der Waals surface area contributed by atoms with Gasteiger partial charge in [-0.1, -0.05) is 13.8 Å². The molecule has 0 aliphatic carbocycles. The Kier molecular flexibility index (Phi) is 5.82. The Bertz CT molecular complexity index is 380. The predicted octanol–water partition coefficient (Wildman–Crippen LogP) is 2.82. The number of rotatable bonds is 6. The van der Waals surface area contributed by atoms with E-state index in [1.807, 2.05) is 11.3 Å². The van der Waals surface area contributed by atoms with E-state index in [0.717, 1.165) is 39.2 Å². The third-order valence-corrected chi connectivity index (χ3v) is 4.60. The van der Waals surface area contributed by atoms with Gasteiger partial charge in [0, 0.05) is 18.0 Å². The molecular weight excluding hydrogens is 256 g/mol. The van der Waals surface area contributed by atoms with E-state index in [1.54, 1.807) is 0 Å². The van der Waals surface area contributed by atoms with Crippen molar-refractivity contribution in [3.05, 3.63) is 21.9 Å². The molecule has 2 unspecified atom stereocenters. The molecule has 1 aliphatic heterocycles. The monoisotopic (exact) mass is 282 g/mol. The molecule has 2 atom stereocenters. The van der Waals surface area contributed by atoms with Crippen LogP contribution in [-0.2, 0) is 4.74 Å². The van der Waals surface area contributed by atoms with Gasteiger partial charge >= 0.3 is 0 Å². The normalized spacial score (nSPS) is 22.6. The highest BCUT2D eigenvalue weighted by atomic mass is 32.1. The number of hydrogen-bond donors (Lipinski definition) is 1. The molecule has 0 saturated carbocycles. The second kappa shape index (κ2) is 7.39. The molecule has 1 saturated heterocycles. The van der Waals surface area contributed by atoms with E-state index in [2.05, 4.69) is 42.4 Å². The van der Waals surface area contributed by atoms with Crippen molar-refractivity contribution in [3.63, 3.8) is 0 Å². The summed E-state index contributed by atoms with van der Waals surface area (Å²) >= 11 is 1.83. The van der Waals surface area contributed by atoms with Gasteiger partial charge in [0.15, 0.2) is 0 Å². The zero-order chi connectivity index (χ0) is 13.7. The van der Waals surface area contributed by atoms with E-state index in [-0.39, 0.29) is 6.10 Å². The van der Waals surface area contributed by atoms with Gasteiger partial charge < -0.3 is 10.1 Å². The molecule has 4 heteroatoms. The molecule has 2 rings (SSSR count). The van der Waals surface area contributed by atoms with Crippen LogP contribution in [0, 0.1) is 6.92 Å². The van der Waals surface area contributed by atoms with Gasteiger partial charge in [-0.15, -0.1) is 11.3 Å². The number of aryl methyl sites for hydroxylation is 1. The molecule has 2 heterocycles. The summed E-state index contributed by atoms with van der Waals surface area (Å²) in [6, 6.07) is 2.63. The van der Waals surface area contributed by atoms with Crippen LogP contribution in [0.4, 0.5) is 0 Å². The lowest BCUT2D eigenvalue weighted by molar-refractivity contribution is -0.0455. The van der Waals surface area contributed by atoms with Gasteiger partial charge in [0.2, 0.25) is 0 Å². The highest BCUT2D eigenvalue weighted by Gasteiger charge is 2.28. The van der Waals surface area contributed by atoms with E-state index in [1.165, 1.54) is 10.4 Å². The lowest BCUT2D eigenvalue weighted by Gasteiger charge is -2.36. The summed E-state index contributed by atoms with van der Waals surface area (Å²) in [7, 11) is 0. The zero-order valence-electron chi connectivity index (χ0n) is 12.3. The Hall–Kier alpha value is -0.420. The van der Waals surface area contributed by atoms with Crippen LogP contribution in [0.1, 0.15) is 36.8 Å². The molecule has 1 N–H and O–H groups in total. The molecule has 108 valence electrons. The summed E-state index contributed by atoms with van der Waals surface area (Å²) in [4.78, 5) is 3.86. The van der Waals surface area contributed by atoms with Crippen molar-refractivity contribution >= 4 is 11.3 Å². The maximum Gasteiger partial charge on any atom is 0.0897 e. The van der Waals surface area contributed by atoms with Crippen molar-refractivity contribution in [2.75, 3.05) is 32.8 Å². The maximum atomic E-state index is 6.03. The third-order valence-electron chi connectivity index (χ3n) is 3.72. The average Bonchev–Trinajstić information content (AvgIpc) is 2.86. The maximum absolute atomic E-state index is 6.03. The largest absolute Gasteiger partial charge is 0.374 e. The lowest BCUT2D eigenvalue weighted by atomic mass is 10.0. The van der Waals surface area contributed by atoms with Crippen molar-refractivity contribution in [2.24, 2.45) is 0 Å². The first-order valence-electron chi connectivity index (χ1n) is 7.37. The van der Waals surface area contributed by atoms with Crippen molar-refractivity contribution in [1.82, 2.24) is 10.2 Å². The van der Waals surface area contributed by atoms with Crippen LogP contribution in [0.25, 0.3) is 0 Å². The Morgan fingerprint density at radius 3 is 3.00 bits per heavy atom. The summed E-state index contributed by atoms with van der Waals surface area (Å²) in [6.07, 6.45) is 1.43. The zero-order valence-corrected chi connectivity index (χ0v) is 13.1. The van der Waals surface area contributed by atoms with Crippen LogP contribution in [0.2, 0.25) is 0 Å². The minimum atomic E-state index is 0.272. The van der Waals surface area contributed by atoms with E-state index in [4.69, 9.17) is 4.74 Å². The smallest absolute Gasteiger partial charge is 0.0897 e. The van der Waals surface area contributed by atoms with Crippen molar-refractivity contribution in [3.8, 4) is 0 Å². The van der Waals surface area contributed by atoms with Crippen molar-refractivity contribution in [2.45, 2.75) is 39.3 Å². The first-order valence-corrected chi connectivity index (χ1v) is 8.25.